The van der Waals surface area contributed by atoms with Gasteiger partial charge in [-0.05, 0) is 23.8 Å². The van der Waals surface area contributed by atoms with Crippen LogP contribution in [0.2, 0.25) is 0 Å². The van der Waals surface area contributed by atoms with Crippen molar-refractivity contribution >= 4 is 33.1 Å². The number of nitrogen functional groups attached to an aromatic ring is 2. The van der Waals surface area contributed by atoms with E-state index in [2.05, 4.69) is 15.0 Å². The van der Waals surface area contributed by atoms with Gasteiger partial charge in [0.05, 0.1) is 9.79 Å². The zero-order valence-electron chi connectivity index (χ0n) is 10.9. The summed E-state index contributed by atoms with van der Waals surface area (Å²) in [7, 11) is -4.46. The Morgan fingerprint density at radius 2 is 1.73 bits per heavy atom. The average Bonchev–Trinajstić information content (AvgIpc) is 2.35. The van der Waals surface area contributed by atoms with Crippen LogP contribution in [0, 0.1) is 0 Å². The van der Waals surface area contributed by atoms with Crippen LogP contribution in [0.25, 0.3) is 0 Å². The van der Waals surface area contributed by atoms with Gasteiger partial charge in [0.2, 0.25) is 11.9 Å². The maximum absolute atomic E-state index is 11.3. The van der Waals surface area contributed by atoms with E-state index in [-0.39, 0.29) is 34.6 Å². The van der Waals surface area contributed by atoms with Gasteiger partial charge in [0.25, 0.3) is 10.1 Å². The van der Waals surface area contributed by atoms with Crippen LogP contribution in [-0.4, -0.2) is 36.7 Å². The molecule has 22 heavy (non-hydrogen) atoms. The highest BCUT2D eigenvalue weighted by Gasteiger charge is 2.17. The summed E-state index contributed by atoms with van der Waals surface area (Å²) in [6, 6.07) is 3.18. The summed E-state index contributed by atoms with van der Waals surface area (Å²) in [5.41, 5.74) is 11.0. The monoisotopic (exact) mass is 345 g/mol. The summed E-state index contributed by atoms with van der Waals surface area (Å²) < 4.78 is 51.9. The van der Waals surface area contributed by atoms with E-state index >= 15 is 0 Å². The van der Waals surface area contributed by atoms with E-state index in [4.69, 9.17) is 16.0 Å². The van der Waals surface area contributed by atoms with Gasteiger partial charge < -0.3 is 16.0 Å². The molecule has 0 bridgehead atoms. The second-order valence-electron chi connectivity index (χ2n) is 4.14. The average molecular weight is 345 g/mol. The third kappa shape index (κ3) is 3.73. The molecule has 0 saturated heterocycles. The minimum absolute atomic E-state index is 0.0510. The summed E-state index contributed by atoms with van der Waals surface area (Å²) in [6.07, 6.45) is -0.123. The van der Waals surface area contributed by atoms with Gasteiger partial charge in [-0.1, -0.05) is 0 Å². The minimum atomic E-state index is -4.46. The van der Waals surface area contributed by atoms with Crippen LogP contribution >= 0.6 is 0 Å². The van der Waals surface area contributed by atoms with Crippen molar-refractivity contribution in [1.82, 2.24) is 15.0 Å². The molecular weight excluding hydrogens is 334 g/mol. The highest BCUT2D eigenvalue weighted by molar-refractivity contribution is 7.85. The summed E-state index contributed by atoms with van der Waals surface area (Å²) in [6.45, 7) is 0. The fourth-order valence-electron chi connectivity index (χ4n) is 1.73. The SMILES string of the molecule is Nc1nc(N)nc(Cc2cc(S(=O)(=O)O)ccc2S(=O)O)n1. The molecule has 0 spiro atoms. The topological polar surface area (TPSA) is 182 Å². The smallest absolute Gasteiger partial charge is 0.294 e. The van der Waals surface area contributed by atoms with Crippen LogP contribution in [-0.2, 0) is 27.6 Å². The van der Waals surface area contributed by atoms with Crippen molar-refractivity contribution in [2.45, 2.75) is 16.2 Å². The molecule has 1 unspecified atom stereocenters. The Kier molecular flexibility index (Phi) is 4.37. The minimum Gasteiger partial charge on any atom is -0.368 e. The van der Waals surface area contributed by atoms with E-state index in [1.807, 2.05) is 0 Å². The lowest BCUT2D eigenvalue weighted by molar-refractivity contribution is 0.482. The molecular formula is C10H11N5O5S2. The van der Waals surface area contributed by atoms with Gasteiger partial charge in [0, 0.05) is 6.42 Å². The van der Waals surface area contributed by atoms with Crippen LogP contribution in [0.15, 0.2) is 28.0 Å². The zero-order chi connectivity index (χ0) is 16.5. The molecule has 0 amide bonds. The van der Waals surface area contributed by atoms with Gasteiger partial charge >= 0.3 is 0 Å². The van der Waals surface area contributed by atoms with E-state index in [9.17, 15) is 17.2 Å². The lowest BCUT2D eigenvalue weighted by atomic mass is 10.1. The van der Waals surface area contributed by atoms with Gasteiger partial charge in [0.15, 0.2) is 11.1 Å². The number of nitrogens with two attached hydrogens (primary N) is 2. The predicted octanol–water partition coefficient (Wildman–Crippen LogP) is -0.546. The van der Waals surface area contributed by atoms with E-state index in [0.29, 0.717) is 0 Å². The predicted molar refractivity (Wildman–Crippen MR) is 76.8 cm³/mol. The first-order valence-electron chi connectivity index (χ1n) is 5.64. The number of hydrogen-bond acceptors (Lipinski definition) is 8. The maximum atomic E-state index is 11.3. The number of aromatic nitrogens is 3. The Hall–Kier alpha value is -2.15. The van der Waals surface area contributed by atoms with Crippen molar-refractivity contribution in [2.24, 2.45) is 0 Å². The molecule has 6 N–H and O–H groups in total. The number of hydrogen-bond donors (Lipinski definition) is 4. The molecule has 2 rings (SSSR count). The van der Waals surface area contributed by atoms with Gasteiger partial charge in [-0.25, -0.2) is 4.21 Å². The molecule has 10 nitrogen and oxygen atoms in total. The Labute approximate surface area is 127 Å². The normalized spacial score (nSPS) is 13.0. The van der Waals surface area contributed by atoms with Crippen molar-refractivity contribution in [3.05, 3.63) is 29.6 Å². The standard InChI is InChI=1S/C10H11N5O5S2/c11-9-13-8(14-10(12)15-9)4-5-3-6(22(18,19)20)1-2-7(5)21(16)17/h1-3H,4H2,(H,16,17)(H,18,19,20)(H4,11,12,13,14,15). The van der Waals surface area contributed by atoms with Crippen molar-refractivity contribution in [3.63, 3.8) is 0 Å². The van der Waals surface area contributed by atoms with Crippen LogP contribution < -0.4 is 11.5 Å². The molecule has 1 aromatic heterocycles. The second-order valence-corrected chi connectivity index (χ2v) is 6.50. The Morgan fingerprint density at radius 1 is 1.14 bits per heavy atom. The Morgan fingerprint density at radius 3 is 2.23 bits per heavy atom. The molecule has 1 heterocycles. The summed E-state index contributed by atoms with van der Waals surface area (Å²) in [5, 5.41) is 0. The molecule has 1 atom stereocenters. The zero-order valence-corrected chi connectivity index (χ0v) is 12.5. The molecule has 2 aromatic rings. The largest absolute Gasteiger partial charge is 0.368 e. The van der Waals surface area contributed by atoms with E-state index in [1.54, 1.807) is 0 Å². The van der Waals surface area contributed by atoms with Crippen molar-refractivity contribution in [2.75, 3.05) is 11.5 Å². The molecule has 0 radical (unpaired) electrons. The summed E-state index contributed by atoms with van der Waals surface area (Å²) in [4.78, 5) is 10.7. The molecule has 0 aliphatic heterocycles. The van der Waals surface area contributed by atoms with Crippen LogP contribution in [0.4, 0.5) is 11.9 Å². The highest BCUT2D eigenvalue weighted by atomic mass is 32.2. The third-order valence-corrected chi connectivity index (χ3v) is 4.21. The summed E-state index contributed by atoms with van der Waals surface area (Å²) >= 11 is -2.37. The van der Waals surface area contributed by atoms with E-state index in [0.717, 1.165) is 18.2 Å². The number of benzene rings is 1. The molecule has 12 heteroatoms. The molecule has 0 aliphatic carbocycles. The fourth-order valence-corrected chi connectivity index (χ4v) is 2.80. The first kappa shape index (κ1) is 16.2. The quantitative estimate of drug-likeness (QED) is 0.414. The van der Waals surface area contributed by atoms with Gasteiger partial charge in [-0.2, -0.15) is 23.4 Å². The lowest BCUT2D eigenvalue weighted by Gasteiger charge is -2.08. The van der Waals surface area contributed by atoms with E-state index in [1.165, 1.54) is 0 Å². The summed E-state index contributed by atoms with van der Waals surface area (Å²) in [5.74, 6) is -0.190. The third-order valence-electron chi connectivity index (χ3n) is 2.58. The van der Waals surface area contributed by atoms with Gasteiger partial charge in [-0.15, -0.1) is 0 Å². The van der Waals surface area contributed by atoms with Gasteiger partial charge in [-0.3, -0.25) is 4.55 Å². The highest BCUT2D eigenvalue weighted by Crippen LogP contribution is 2.21. The Bertz CT molecular complexity index is 835. The van der Waals surface area contributed by atoms with Crippen LogP contribution in [0.3, 0.4) is 0 Å². The molecule has 1 aromatic carbocycles. The first-order valence-corrected chi connectivity index (χ1v) is 8.18. The van der Waals surface area contributed by atoms with Crippen LogP contribution in [0.5, 0.6) is 0 Å². The molecule has 0 fully saturated rings. The van der Waals surface area contributed by atoms with Crippen LogP contribution in [0.1, 0.15) is 11.4 Å². The lowest BCUT2D eigenvalue weighted by Crippen LogP contribution is -2.09. The molecule has 118 valence electrons. The first-order chi connectivity index (χ1) is 10.2. The number of nitrogens with zero attached hydrogens (tertiary/aromatic N) is 3. The van der Waals surface area contributed by atoms with Crippen molar-refractivity contribution < 1.29 is 21.7 Å². The second kappa shape index (κ2) is 5.92. The fraction of sp³-hybridized carbons (Fsp3) is 0.100. The van der Waals surface area contributed by atoms with E-state index < -0.39 is 26.1 Å². The Balaban J connectivity index is 2.54. The molecule has 0 aliphatic rings. The van der Waals surface area contributed by atoms with Crippen molar-refractivity contribution in [3.8, 4) is 0 Å². The maximum Gasteiger partial charge on any atom is 0.294 e. The van der Waals surface area contributed by atoms with Gasteiger partial charge in [0.1, 0.15) is 5.82 Å². The molecule has 0 saturated carbocycles. The number of anilines is 2. The number of rotatable bonds is 4. The van der Waals surface area contributed by atoms with Crippen molar-refractivity contribution in [1.29, 1.82) is 0 Å².